The van der Waals surface area contributed by atoms with E-state index in [1.807, 2.05) is 37.3 Å². The van der Waals surface area contributed by atoms with Crippen LogP contribution in [0, 0.1) is 0 Å². The van der Waals surface area contributed by atoms with Gasteiger partial charge in [0.1, 0.15) is 17.4 Å². The van der Waals surface area contributed by atoms with Crippen molar-refractivity contribution in [3.05, 3.63) is 47.7 Å². The van der Waals surface area contributed by atoms with E-state index in [9.17, 15) is 4.79 Å². The van der Waals surface area contributed by atoms with Crippen molar-refractivity contribution in [1.82, 2.24) is 25.1 Å². The fourth-order valence-electron chi connectivity index (χ4n) is 3.99. The Balaban J connectivity index is 1.36. The molecular formula is C25H31N7OS. The first-order chi connectivity index (χ1) is 16.6. The molecule has 0 radical (unpaired) electrons. The number of Topliss-reactive ketones (excluding diaryl/α,β-unsaturated/α-hetero) is 1. The van der Waals surface area contributed by atoms with Gasteiger partial charge in [0, 0.05) is 67.7 Å². The van der Waals surface area contributed by atoms with Gasteiger partial charge >= 0.3 is 0 Å². The van der Waals surface area contributed by atoms with Gasteiger partial charge in [-0.05, 0) is 49.3 Å². The third-order valence-electron chi connectivity index (χ3n) is 6.32. The van der Waals surface area contributed by atoms with E-state index in [0.717, 1.165) is 54.1 Å². The van der Waals surface area contributed by atoms with Gasteiger partial charge in [0.2, 0.25) is 0 Å². The SMILES string of the molecule is CCC(=O)Cc1ccc(Sc2nc(Nc3cc(C4CC4)[nH]n3)cc(N3CCN(C)CC3)n2)cc1. The van der Waals surface area contributed by atoms with Crippen LogP contribution in [-0.4, -0.2) is 64.1 Å². The maximum Gasteiger partial charge on any atom is 0.196 e. The van der Waals surface area contributed by atoms with Crippen molar-refractivity contribution < 1.29 is 4.79 Å². The number of piperazine rings is 1. The Labute approximate surface area is 204 Å². The predicted octanol–water partition coefficient (Wildman–Crippen LogP) is 4.25. The molecule has 2 aromatic heterocycles. The fourth-order valence-corrected chi connectivity index (χ4v) is 4.76. The average molecular weight is 478 g/mol. The van der Waals surface area contributed by atoms with Crippen LogP contribution in [0.1, 0.15) is 43.4 Å². The molecule has 9 heteroatoms. The third kappa shape index (κ3) is 5.77. The summed E-state index contributed by atoms with van der Waals surface area (Å²) in [5.41, 5.74) is 2.22. The van der Waals surface area contributed by atoms with Crippen molar-refractivity contribution in [3.63, 3.8) is 0 Å². The van der Waals surface area contributed by atoms with Gasteiger partial charge in [0.25, 0.3) is 0 Å². The Hall–Kier alpha value is -2.91. The molecule has 0 amide bonds. The number of H-pyrrole nitrogens is 1. The maximum atomic E-state index is 11.7. The van der Waals surface area contributed by atoms with Crippen molar-refractivity contribution in [2.45, 2.75) is 48.6 Å². The lowest BCUT2D eigenvalue weighted by molar-refractivity contribution is -0.118. The molecule has 1 saturated heterocycles. The van der Waals surface area contributed by atoms with Gasteiger partial charge in [0.15, 0.2) is 11.0 Å². The van der Waals surface area contributed by atoms with Crippen molar-refractivity contribution >= 4 is 35.0 Å². The highest BCUT2D eigenvalue weighted by Crippen LogP contribution is 2.39. The van der Waals surface area contributed by atoms with E-state index < -0.39 is 0 Å². The molecule has 1 aliphatic heterocycles. The number of anilines is 3. The van der Waals surface area contributed by atoms with E-state index in [1.54, 1.807) is 0 Å². The molecule has 1 saturated carbocycles. The molecule has 3 aromatic rings. The highest BCUT2D eigenvalue weighted by molar-refractivity contribution is 7.99. The summed E-state index contributed by atoms with van der Waals surface area (Å²) in [6.45, 7) is 5.80. The van der Waals surface area contributed by atoms with Crippen LogP contribution in [0.15, 0.2) is 46.5 Å². The van der Waals surface area contributed by atoms with E-state index in [4.69, 9.17) is 9.97 Å². The number of aromatic nitrogens is 4. The van der Waals surface area contributed by atoms with Crippen LogP contribution in [0.2, 0.25) is 0 Å². The largest absolute Gasteiger partial charge is 0.354 e. The molecule has 0 bridgehead atoms. The molecule has 0 spiro atoms. The summed E-state index contributed by atoms with van der Waals surface area (Å²) < 4.78 is 0. The molecule has 8 nitrogen and oxygen atoms in total. The first-order valence-corrected chi connectivity index (χ1v) is 12.8. The van der Waals surface area contributed by atoms with Crippen molar-refractivity contribution in [3.8, 4) is 0 Å². The van der Waals surface area contributed by atoms with Crippen LogP contribution in [0.5, 0.6) is 0 Å². The minimum absolute atomic E-state index is 0.252. The van der Waals surface area contributed by atoms with Gasteiger partial charge < -0.3 is 15.1 Å². The second kappa shape index (κ2) is 10.1. The third-order valence-corrected chi connectivity index (χ3v) is 7.19. The van der Waals surface area contributed by atoms with E-state index in [0.29, 0.717) is 23.9 Å². The zero-order valence-electron chi connectivity index (χ0n) is 19.8. The summed E-state index contributed by atoms with van der Waals surface area (Å²) in [7, 11) is 2.15. The average Bonchev–Trinajstić information content (AvgIpc) is 3.59. The van der Waals surface area contributed by atoms with Gasteiger partial charge in [0.05, 0.1) is 0 Å². The van der Waals surface area contributed by atoms with Crippen molar-refractivity contribution in [1.29, 1.82) is 0 Å². The van der Waals surface area contributed by atoms with Gasteiger partial charge in [-0.15, -0.1) is 0 Å². The number of carbonyl (C=O) groups is 1. The van der Waals surface area contributed by atoms with Crippen LogP contribution in [0.3, 0.4) is 0 Å². The Morgan fingerprint density at radius 1 is 1.09 bits per heavy atom. The minimum Gasteiger partial charge on any atom is -0.354 e. The molecule has 2 fully saturated rings. The minimum atomic E-state index is 0.252. The lowest BCUT2D eigenvalue weighted by Crippen LogP contribution is -2.44. The van der Waals surface area contributed by atoms with Crippen LogP contribution < -0.4 is 10.2 Å². The van der Waals surface area contributed by atoms with Gasteiger partial charge in [-0.25, -0.2) is 9.97 Å². The number of hydrogen-bond donors (Lipinski definition) is 2. The van der Waals surface area contributed by atoms with Gasteiger partial charge in [-0.2, -0.15) is 5.10 Å². The van der Waals surface area contributed by atoms with Crippen LogP contribution >= 0.6 is 11.8 Å². The summed E-state index contributed by atoms with van der Waals surface area (Å²) in [5.74, 6) is 3.33. The summed E-state index contributed by atoms with van der Waals surface area (Å²) in [6, 6.07) is 12.2. The highest BCUT2D eigenvalue weighted by atomic mass is 32.2. The van der Waals surface area contributed by atoms with Gasteiger partial charge in [-0.3, -0.25) is 9.89 Å². The highest BCUT2D eigenvalue weighted by Gasteiger charge is 2.25. The molecule has 0 unspecified atom stereocenters. The van der Waals surface area contributed by atoms with E-state index in [1.165, 1.54) is 30.3 Å². The maximum absolute atomic E-state index is 11.7. The summed E-state index contributed by atoms with van der Waals surface area (Å²) in [4.78, 5) is 27.1. The number of hydrogen-bond acceptors (Lipinski definition) is 8. The summed E-state index contributed by atoms with van der Waals surface area (Å²) in [5, 5.41) is 11.6. The number of ketones is 1. The number of likely N-dealkylation sites (N-methyl/N-ethyl adjacent to an activating group) is 1. The number of carbonyl (C=O) groups excluding carboxylic acids is 1. The molecule has 3 heterocycles. The lowest BCUT2D eigenvalue weighted by Gasteiger charge is -2.33. The standard InChI is InChI=1S/C25H31N7OS/c1-3-19(33)14-17-4-8-20(9-5-17)34-25-27-22(26-23-15-21(29-30-23)18-6-7-18)16-24(28-25)32-12-10-31(2)11-13-32/h4-5,8-9,15-16,18H,3,6-7,10-14H2,1-2H3,(H2,26,27,28,29,30). The molecule has 178 valence electrons. The molecule has 2 N–H and O–H groups in total. The Kier molecular flexibility index (Phi) is 6.82. The van der Waals surface area contributed by atoms with Crippen LogP contribution in [0.25, 0.3) is 0 Å². The number of nitrogens with one attached hydrogen (secondary N) is 2. The first-order valence-electron chi connectivity index (χ1n) is 12.0. The molecule has 5 rings (SSSR count). The smallest absolute Gasteiger partial charge is 0.196 e. The van der Waals surface area contributed by atoms with Crippen LogP contribution in [0.4, 0.5) is 17.5 Å². The zero-order chi connectivity index (χ0) is 23.5. The monoisotopic (exact) mass is 477 g/mol. The lowest BCUT2D eigenvalue weighted by atomic mass is 10.1. The quantitative estimate of drug-likeness (QED) is 0.442. The van der Waals surface area contributed by atoms with Crippen molar-refractivity contribution in [2.24, 2.45) is 0 Å². The van der Waals surface area contributed by atoms with Crippen LogP contribution in [-0.2, 0) is 11.2 Å². The van der Waals surface area contributed by atoms with E-state index >= 15 is 0 Å². The first kappa shape index (κ1) is 22.9. The van der Waals surface area contributed by atoms with E-state index in [-0.39, 0.29) is 5.78 Å². The van der Waals surface area contributed by atoms with E-state index in [2.05, 4.69) is 38.4 Å². The van der Waals surface area contributed by atoms with Crippen molar-refractivity contribution in [2.75, 3.05) is 43.4 Å². The second-order valence-electron chi connectivity index (χ2n) is 9.11. The molecule has 2 aliphatic rings. The molecular weight excluding hydrogens is 446 g/mol. The summed E-state index contributed by atoms with van der Waals surface area (Å²) >= 11 is 1.53. The molecule has 34 heavy (non-hydrogen) atoms. The number of benzene rings is 1. The predicted molar refractivity (Wildman–Crippen MR) is 135 cm³/mol. The number of nitrogens with zero attached hydrogens (tertiary/aromatic N) is 5. The Morgan fingerprint density at radius 3 is 2.56 bits per heavy atom. The number of aromatic amines is 1. The zero-order valence-corrected chi connectivity index (χ0v) is 20.6. The summed E-state index contributed by atoms with van der Waals surface area (Å²) in [6.07, 6.45) is 3.51. The molecule has 1 aliphatic carbocycles. The fraction of sp³-hybridized carbons (Fsp3) is 0.440. The molecule has 1 aromatic carbocycles. The number of rotatable bonds is 9. The second-order valence-corrected chi connectivity index (χ2v) is 10.1. The Morgan fingerprint density at radius 2 is 1.85 bits per heavy atom. The topological polar surface area (TPSA) is 90.0 Å². The normalized spacial score (nSPS) is 16.6. The molecule has 0 atom stereocenters. The Bertz CT molecular complexity index is 1130. The van der Waals surface area contributed by atoms with Gasteiger partial charge in [-0.1, -0.05) is 19.1 Å².